The standard InChI is InChI=1S/2C9H12O.C5H6.C4H6O.CH2Cl2.2CH4/c2*1-6(10)9-5-7-2-3-8(9)4-7;1-2-4-5-3-1;1-3-4(2)5;2-1-3;;/h2*2-3,7-9H,4-5H2,1H3;1-4H,5H2;3H,1H2,2H3;1H2;2*1H4. The van der Waals surface area contributed by atoms with Gasteiger partial charge in [0, 0.05) is 11.8 Å². The zero-order chi connectivity index (χ0) is 24.8. The minimum atomic E-state index is 0. The maximum atomic E-state index is 11.0. The molecule has 0 heterocycles. The fourth-order valence-electron chi connectivity index (χ4n) is 4.89. The third-order valence-electron chi connectivity index (χ3n) is 6.55. The van der Waals surface area contributed by atoms with Crippen LogP contribution in [0.3, 0.4) is 0 Å². The summed E-state index contributed by atoms with van der Waals surface area (Å²) in [5, 5.41) is 0.194. The van der Waals surface area contributed by atoms with Gasteiger partial charge in [-0.1, -0.05) is 70.0 Å². The van der Waals surface area contributed by atoms with E-state index in [-0.39, 0.29) is 26.0 Å². The second kappa shape index (κ2) is 19.5. The molecule has 0 aromatic rings. The molecule has 0 saturated heterocycles. The molecule has 6 atom stereocenters. The lowest BCUT2D eigenvalue weighted by atomic mass is 9.90. The number of carbonyl (C=O) groups excluding carboxylic acids is 3. The number of alkyl halides is 2. The lowest BCUT2D eigenvalue weighted by molar-refractivity contribution is -0.122. The first-order valence-corrected chi connectivity index (χ1v) is 12.7. The van der Waals surface area contributed by atoms with Crippen LogP contribution >= 0.6 is 23.2 Å². The molecule has 198 valence electrons. The van der Waals surface area contributed by atoms with Crippen LogP contribution in [0.2, 0.25) is 0 Å². The van der Waals surface area contributed by atoms with Gasteiger partial charge in [-0.05, 0) is 82.6 Å². The zero-order valence-electron chi connectivity index (χ0n) is 20.1. The molecule has 3 nitrogen and oxygen atoms in total. The number of ketones is 3. The van der Waals surface area contributed by atoms with Gasteiger partial charge in [-0.3, -0.25) is 14.4 Å². The maximum absolute atomic E-state index is 11.0. The summed E-state index contributed by atoms with van der Waals surface area (Å²) in [5.74, 6) is 4.20. The maximum Gasteiger partial charge on any atom is 0.152 e. The predicted molar refractivity (Wildman–Crippen MR) is 153 cm³/mol. The van der Waals surface area contributed by atoms with Crippen LogP contribution in [-0.4, -0.2) is 22.7 Å². The molecular formula is C30H46Cl2O3. The molecule has 2 fully saturated rings. The molecular weight excluding hydrogens is 479 g/mol. The van der Waals surface area contributed by atoms with Crippen molar-refractivity contribution in [1.82, 2.24) is 0 Å². The Balaban J connectivity index is 0. The van der Waals surface area contributed by atoms with Gasteiger partial charge in [0.15, 0.2) is 5.78 Å². The summed E-state index contributed by atoms with van der Waals surface area (Å²) in [5.41, 5.74) is 0. The molecule has 35 heavy (non-hydrogen) atoms. The Bertz CT molecular complexity index is 724. The predicted octanol–water partition coefficient (Wildman–Crippen LogP) is 8.53. The van der Waals surface area contributed by atoms with E-state index in [1.807, 2.05) is 0 Å². The molecule has 0 aromatic carbocycles. The quantitative estimate of drug-likeness (QED) is 0.211. The van der Waals surface area contributed by atoms with E-state index in [1.165, 1.54) is 25.8 Å². The number of hydrogen-bond acceptors (Lipinski definition) is 3. The van der Waals surface area contributed by atoms with Crippen molar-refractivity contribution in [2.24, 2.45) is 35.5 Å². The fourth-order valence-corrected chi connectivity index (χ4v) is 4.89. The van der Waals surface area contributed by atoms with Crippen molar-refractivity contribution in [2.45, 2.75) is 67.7 Å². The molecule has 5 aliphatic carbocycles. The van der Waals surface area contributed by atoms with E-state index in [2.05, 4.69) is 55.2 Å². The number of carbonyl (C=O) groups is 3. The Morgan fingerprint density at radius 2 is 1.11 bits per heavy atom. The lowest BCUT2D eigenvalue weighted by Gasteiger charge is -2.13. The first-order valence-electron chi connectivity index (χ1n) is 11.7. The number of Topliss-reactive ketones (excluding diaryl/α,β-unsaturated/α-hetero) is 2. The van der Waals surface area contributed by atoms with Gasteiger partial charge in [0.05, 0.1) is 5.34 Å². The average molecular weight is 526 g/mol. The van der Waals surface area contributed by atoms with E-state index < -0.39 is 0 Å². The molecule has 0 amide bonds. The topological polar surface area (TPSA) is 51.2 Å². The summed E-state index contributed by atoms with van der Waals surface area (Å²) >= 11 is 9.53. The summed E-state index contributed by atoms with van der Waals surface area (Å²) in [6.07, 6.45) is 24.5. The van der Waals surface area contributed by atoms with E-state index in [1.54, 1.807) is 13.8 Å². The molecule has 2 saturated carbocycles. The summed E-state index contributed by atoms with van der Waals surface area (Å²) in [6, 6.07) is 0. The van der Waals surface area contributed by atoms with E-state index in [0.717, 1.165) is 31.1 Å². The van der Waals surface area contributed by atoms with Crippen LogP contribution in [0.4, 0.5) is 0 Å². The van der Waals surface area contributed by atoms with Crippen LogP contribution in [0.15, 0.2) is 61.3 Å². The van der Waals surface area contributed by atoms with Crippen molar-refractivity contribution in [3.05, 3.63) is 61.3 Å². The molecule has 0 spiro atoms. The lowest BCUT2D eigenvalue weighted by Crippen LogP contribution is -2.15. The molecule has 5 aliphatic rings. The molecule has 0 N–H and O–H groups in total. The summed E-state index contributed by atoms with van der Waals surface area (Å²) in [4.78, 5) is 31.7. The van der Waals surface area contributed by atoms with Crippen LogP contribution in [0, 0.1) is 35.5 Å². The van der Waals surface area contributed by atoms with E-state index in [0.29, 0.717) is 35.2 Å². The van der Waals surface area contributed by atoms with Gasteiger partial charge in [-0.2, -0.15) is 0 Å². The smallest absolute Gasteiger partial charge is 0.152 e. The highest BCUT2D eigenvalue weighted by atomic mass is 35.5. The molecule has 5 rings (SSSR count). The highest BCUT2D eigenvalue weighted by molar-refractivity contribution is 6.40. The monoisotopic (exact) mass is 524 g/mol. The minimum Gasteiger partial charge on any atom is -0.300 e. The van der Waals surface area contributed by atoms with Crippen molar-refractivity contribution in [3.8, 4) is 0 Å². The minimum absolute atomic E-state index is 0. The number of allylic oxidation sites excluding steroid dienone is 9. The first-order chi connectivity index (χ1) is 15.7. The highest BCUT2D eigenvalue weighted by Gasteiger charge is 2.38. The third-order valence-corrected chi connectivity index (χ3v) is 6.55. The van der Waals surface area contributed by atoms with Crippen LogP contribution in [0.1, 0.15) is 67.7 Å². The zero-order valence-corrected chi connectivity index (χ0v) is 21.6. The Kier molecular flexibility index (Phi) is 19.7. The Morgan fingerprint density at radius 1 is 0.771 bits per heavy atom. The third kappa shape index (κ3) is 13.2. The average Bonchev–Trinajstić information content (AvgIpc) is 3.61. The van der Waals surface area contributed by atoms with Gasteiger partial charge >= 0.3 is 0 Å². The summed E-state index contributed by atoms with van der Waals surface area (Å²) in [6.45, 7) is 8.12. The van der Waals surface area contributed by atoms with E-state index >= 15 is 0 Å². The van der Waals surface area contributed by atoms with Crippen LogP contribution < -0.4 is 0 Å². The molecule has 4 bridgehead atoms. The summed E-state index contributed by atoms with van der Waals surface area (Å²) < 4.78 is 0. The van der Waals surface area contributed by atoms with E-state index in [9.17, 15) is 14.4 Å². The highest BCUT2D eigenvalue weighted by Crippen LogP contribution is 2.44. The van der Waals surface area contributed by atoms with E-state index in [4.69, 9.17) is 23.2 Å². The molecule has 0 aliphatic heterocycles. The summed E-state index contributed by atoms with van der Waals surface area (Å²) in [7, 11) is 0. The molecule has 6 unspecified atom stereocenters. The van der Waals surface area contributed by atoms with Crippen molar-refractivity contribution >= 4 is 40.6 Å². The largest absolute Gasteiger partial charge is 0.300 e. The van der Waals surface area contributed by atoms with Crippen molar-refractivity contribution in [1.29, 1.82) is 0 Å². The number of halogens is 2. The Hall–Kier alpha value is -1.71. The van der Waals surface area contributed by atoms with Crippen molar-refractivity contribution < 1.29 is 14.4 Å². The van der Waals surface area contributed by atoms with Crippen LogP contribution in [0.25, 0.3) is 0 Å². The van der Waals surface area contributed by atoms with Gasteiger partial charge < -0.3 is 0 Å². The molecule has 0 aromatic heterocycles. The number of hydrogen-bond donors (Lipinski definition) is 0. The van der Waals surface area contributed by atoms with Gasteiger partial charge in [0.1, 0.15) is 11.6 Å². The van der Waals surface area contributed by atoms with Crippen molar-refractivity contribution in [2.75, 3.05) is 5.34 Å². The molecule has 5 heteroatoms. The van der Waals surface area contributed by atoms with Gasteiger partial charge in [-0.15, -0.1) is 23.2 Å². The van der Waals surface area contributed by atoms with Crippen molar-refractivity contribution in [3.63, 3.8) is 0 Å². The SMILES string of the molecule is C.C.C1=CCC=C1.C=CC(C)=O.CC(=O)C1CC2C=CC1C2.CC(=O)C1CC2C=CC1C2.ClCCl. The van der Waals surface area contributed by atoms with Crippen LogP contribution in [-0.2, 0) is 14.4 Å². The number of rotatable bonds is 3. The molecule has 0 radical (unpaired) electrons. The fraction of sp³-hybridized carbons (Fsp3) is 0.567. The number of fused-ring (bicyclic) bond motifs is 4. The first kappa shape index (κ1) is 35.5. The van der Waals surface area contributed by atoms with Gasteiger partial charge in [0.25, 0.3) is 0 Å². The van der Waals surface area contributed by atoms with Gasteiger partial charge in [-0.25, -0.2) is 0 Å². The van der Waals surface area contributed by atoms with Crippen LogP contribution in [0.5, 0.6) is 0 Å². The normalized spacial score (nSPS) is 28.4. The Morgan fingerprint density at radius 3 is 1.23 bits per heavy atom. The second-order valence-corrected chi connectivity index (χ2v) is 9.81. The van der Waals surface area contributed by atoms with Gasteiger partial charge in [0.2, 0.25) is 0 Å². The second-order valence-electron chi connectivity index (χ2n) is 9.00. The Labute approximate surface area is 224 Å².